The summed E-state index contributed by atoms with van der Waals surface area (Å²) >= 11 is 3.55. The van der Waals surface area contributed by atoms with Gasteiger partial charge in [-0.15, -0.1) is 22.7 Å². The number of fused-ring (bicyclic) bond motifs is 3. The van der Waals surface area contributed by atoms with E-state index >= 15 is 0 Å². The second kappa shape index (κ2) is 14.3. The van der Waals surface area contributed by atoms with Crippen molar-refractivity contribution in [2.24, 2.45) is 5.41 Å². The van der Waals surface area contributed by atoms with Crippen molar-refractivity contribution in [1.82, 2.24) is 0 Å². The van der Waals surface area contributed by atoms with E-state index in [4.69, 9.17) is 33.2 Å². The van der Waals surface area contributed by atoms with Gasteiger partial charge in [-0.2, -0.15) is 0 Å². The average molecular weight is 583 g/mol. The monoisotopic (exact) mass is 582 g/mol. The summed E-state index contributed by atoms with van der Waals surface area (Å²) in [4.78, 5) is 4.89. The van der Waals surface area contributed by atoms with Crippen LogP contribution in [0.5, 0.6) is 0 Å². The van der Waals surface area contributed by atoms with Gasteiger partial charge in [-0.1, -0.05) is 27.7 Å². The number of hydrogen-bond acceptors (Lipinski definition) is 9. The molecule has 2 aromatic heterocycles. The minimum Gasteiger partial charge on any atom is -0.379 e. The summed E-state index contributed by atoms with van der Waals surface area (Å²) in [5.74, 6) is -0.799. The zero-order valence-electron chi connectivity index (χ0n) is 24.3. The van der Waals surface area contributed by atoms with Crippen molar-refractivity contribution < 1.29 is 33.2 Å². The second-order valence-corrected chi connectivity index (χ2v) is 12.6. The molecule has 0 aliphatic carbocycles. The number of rotatable bonds is 18. The van der Waals surface area contributed by atoms with Crippen molar-refractivity contribution in [3.05, 3.63) is 43.8 Å². The van der Waals surface area contributed by atoms with Crippen LogP contribution < -0.4 is 0 Å². The van der Waals surface area contributed by atoms with Gasteiger partial charge in [-0.25, -0.2) is 0 Å². The standard InChI is InChI=1S/C30H46O7S2/c1-6-24-10-12-27(38-24)30-35-20-28(21-36-30,22-37-30)23(5)25-11-13-26(39-25)29(7-2,8-3)34-19-18-33-17-16-32-15-14-31-9-4/h10-13,23H,6-9,14-22H2,1-5H3. The molecular formula is C30H46O7S2. The molecule has 0 radical (unpaired) electrons. The third-order valence-corrected chi connectivity index (χ3v) is 10.8. The van der Waals surface area contributed by atoms with Gasteiger partial charge in [0, 0.05) is 32.6 Å². The first-order valence-corrected chi connectivity index (χ1v) is 16.1. The topological polar surface area (TPSA) is 64.6 Å². The smallest absolute Gasteiger partial charge is 0.321 e. The Morgan fingerprint density at radius 1 is 0.795 bits per heavy atom. The molecule has 5 heterocycles. The van der Waals surface area contributed by atoms with Crippen LogP contribution in [0, 0.1) is 5.41 Å². The third-order valence-electron chi connectivity index (χ3n) is 8.08. The van der Waals surface area contributed by atoms with Crippen molar-refractivity contribution in [3.63, 3.8) is 0 Å². The molecule has 220 valence electrons. The molecule has 1 atom stereocenters. The summed E-state index contributed by atoms with van der Waals surface area (Å²) in [6.45, 7) is 16.8. The number of aryl methyl sites for hydroxylation is 1. The number of ether oxygens (including phenoxy) is 7. The number of hydrogen-bond donors (Lipinski definition) is 0. The van der Waals surface area contributed by atoms with E-state index < -0.39 is 5.97 Å². The van der Waals surface area contributed by atoms with Gasteiger partial charge in [0.1, 0.15) is 5.60 Å². The van der Waals surface area contributed by atoms with Gasteiger partial charge in [0.25, 0.3) is 0 Å². The fourth-order valence-corrected chi connectivity index (χ4v) is 7.66. The summed E-state index contributed by atoms with van der Waals surface area (Å²) in [7, 11) is 0. The molecule has 3 saturated heterocycles. The largest absolute Gasteiger partial charge is 0.379 e. The highest BCUT2D eigenvalue weighted by Crippen LogP contribution is 2.53. The molecule has 1 unspecified atom stereocenters. The highest BCUT2D eigenvalue weighted by molar-refractivity contribution is 7.12. The van der Waals surface area contributed by atoms with E-state index in [1.54, 1.807) is 11.3 Å². The van der Waals surface area contributed by atoms with Crippen LogP contribution in [0.3, 0.4) is 0 Å². The predicted octanol–water partition coefficient (Wildman–Crippen LogP) is 6.45. The Balaban J connectivity index is 1.30. The van der Waals surface area contributed by atoms with Crippen LogP contribution in [0.2, 0.25) is 0 Å². The van der Waals surface area contributed by atoms with Crippen molar-refractivity contribution in [2.75, 3.05) is 66.1 Å². The highest BCUT2D eigenvalue weighted by atomic mass is 32.1. The normalized spacial score (nSPS) is 23.9. The van der Waals surface area contributed by atoms with Crippen LogP contribution in [-0.2, 0) is 51.2 Å². The van der Waals surface area contributed by atoms with Crippen LogP contribution >= 0.6 is 22.7 Å². The Morgan fingerprint density at radius 2 is 1.41 bits per heavy atom. The first-order valence-electron chi connectivity index (χ1n) is 14.4. The fourth-order valence-electron chi connectivity index (χ4n) is 5.17. The molecule has 39 heavy (non-hydrogen) atoms. The van der Waals surface area contributed by atoms with Crippen molar-refractivity contribution in [3.8, 4) is 0 Å². The lowest BCUT2D eigenvalue weighted by atomic mass is 9.76. The molecule has 7 nitrogen and oxygen atoms in total. The molecule has 3 aliphatic heterocycles. The molecule has 0 N–H and O–H groups in total. The van der Waals surface area contributed by atoms with Crippen LogP contribution in [0.1, 0.15) is 72.9 Å². The fraction of sp³-hybridized carbons (Fsp3) is 0.733. The third kappa shape index (κ3) is 6.96. The Bertz CT molecular complexity index is 975. The Labute approximate surface area is 242 Å². The summed E-state index contributed by atoms with van der Waals surface area (Å²) in [6, 6.07) is 8.71. The lowest BCUT2D eigenvalue weighted by Gasteiger charge is -2.53. The van der Waals surface area contributed by atoms with E-state index in [9.17, 15) is 0 Å². The molecule has 9 heteroatoms. The maximum Gasteiger partial charge on any atom is 0.321 e. The molecule has 0 amide bonds. The first kappa shape index (κ1) is 31.1. The Kier molecular flexibility index (Phi) is 11.4. The molecular weight excluding hydrogens is 536 g/mol. The van der Waals surface area contributed by atoms with E-state index in [-0.39, 0.29) is 16.9 Å². The van der Waals surface area contributed by atoms with E-state index in [2.05, 4.69) is 52.0 Å². The second-order valence-electron chi connectivity index (χ2n) is 10.3. The summed E-state index contributed by atoms with van der Waals surface area (Å²) < 4.78 is 41.9. The van der Waals surface area contributed by atoms with Crippen LogP contribution in [0.4, 0.5) is 0 Å². The van der Waals surface area contributed by atoms with Crippen molar-refractivity contribution >= 4 is 22.7 Å². The molecule has 0 aromatic carbocycles. The maximum absolute atomic E-state index is 6.50. The lowest BCUT2D eigenvalue weighted by Crippen LogP contribution is -2.59. The van der Waals surface area contributed by atoms with Gasteiger partial charge in [0.15, 0.2) is 0 Å². The first-order chi connectivity index (χ1) is 19.0. The van der Waals surface area contributed by atoms with Crippen LogP contribution in [0.25, 0.3) is 0 Å². The molecule has 3 fully saturated rings. The summed E-state index contributed by atoms with van der Waals surface area (Å²) in [5.41, 5.74) is -0.513. The quantitative estimate of drug-likeness (QED) is 0.187. The molecule has 2 bridgehead atoms. The number of thiophene rings is 2. The van der Waals surface area contributed by atoms with E-state index in [1.165, 1.54) is 14.6 Å². The van der Waals surface area contributed by atoms with Gasteiger partial charge < -0.3 is 33.2 Å². The van der Waals surface area contributed by atoms with Crippen molar-refractivity contribution in [2.45, 2.75) is 71.4 Å². The zero-order valence-corrected chi connectivity index (χ0v) is 25.9. The maximum atomic E-state index is 6.50. The van der Waals surface area contributed by atoms with E-state index in [1.807, 2.05) is 18.3 Å². The highest BCUT2D eigenvalue weighted by Gasteiger charge is 2.56. The van der Waals surface area contributed by atoms with Gasteiger partial charge in [0.2, 0.25) is 0 Å². The van der Waals surface area contributed by atoms with Crippen molar-refractivity contribution in [1.29, 1.82) is 0 Å². The SMILES string of the molecule is CCOCCOCCOCCOC(CC)(CC)c1ccc(C(C)C23COC(c4ccc(CC)s4)(OC2)OC3)s1. The summed E-state index contributed by atoms with van der Waals surface area (Å²) in [6.07, 6.45) is 2.81. The molecule has 0 saturated carbocycles. The average Bonchev–Trinajstić information content (AvgIpc) is 3.68. The minimum absolute atomic E-state index is 0.199. The zero-order chi connectivity index (χ0) is 27.8. The minimum atomic E-state index is -1.04. The van der Waals surface area contributed by atoms with Gasteiger partial charge in [-0.3, -0.25) is 0 Å². The molecule has 2 aromatic rings. The van der Waals surface area contributed by atoms with E-state index in [0.717, 1.165) is 24.1 Å². The van der Waals surface area contributed by atoms with Crippen LogP contribution in [0.15, 0.2) is 24.3 Å². The molecule has 5 rings (SSSR count). The molecule has 3 aliphatic rings. The van der Waals surface area contributed by atoms with Gasteiger partial charge >= 0.3 is 5.97 Å². The molecule has 0 spiro atoms. The predicted molar refractivity (Wildman–Crippen MR) is 155 cm³/mol. The van der Waals surface area contributed by atoms with Gasteiger partial charge in [-0.05, 0) is 50.5 Å². The summed E-state index contributed by atoms with van der Waals surface area (Å²) in [5, 5.41) is 0. The van der Waals surface area contributed by atoms with E-state index in [0.29, 0.717) is 66.1 Å². The lowest BCUT2D eigenvalue weighted by molar-refractivity contribution is -0.480. The van der Waals surface area contributed by atoms with Gasteiger partial charge in [0.05, 0.1) is 64.3 Å². The van der Waals surface area contributed by atoms with Crippen LogP contribution in [-0.4, -0.2) is 66.1 Å². The Hall–Kier alpha value is -0.880. The Morgan fingerprint density at radius 3 is 1.97 bits per heavy atom.